The molecule has 2 saturated carbocycles. The molecule has 2 aliphatic carbocycles. The lowest BCUT2D eigenvalue weighted by Crippen LogP contribution is -2.54. The Morgan fingerprint density at radius 3 is 1.89 bits per heavy atom. The van der Waals surface area contributed by atoms with Crippen molar-refractivity contribution in [3.05, 3.63) is 93.7 Å². The van der Waals surface area contributed by atoms with Crippen LogP contribution in [0.5, 0.6) is 0 Å². The summed E-state index contributed by atoms with van der Waals surface area (Å²) < 4.78 is 0. The highest BCUT2D eigenvalue weighted by atomic mass is 35.5. The molecule has 0 bridgehead atoms. The second kappa shape index (κ2) is 14.7. The van der Waals surface area contributed by atoms with Gasteiger partial charge in [-0.05, 0) is 110 Å². The molecule has 7 rings (SSSR count). The van der Waals surface area contributed by atoms with Crippen LogP contribution in [-0.2, 0) is 13.1 Å². The van der Waals surface area contributed by atoms with Crippen LogP contribution in [0.2, 0.25) is 10.0 Å². The van der Waals surface area contributed by atoms with Gasteiger partial charge in [0.1, 0.15) is 0 Å². The summed E-state index contributed by atoms with van der Waals surface area (Å²) >= 11 is 11.7. The summed E-state index contributed by atoms with van der Waals surface area (Å²) in [6.07, 6.45) is 8.65. The SMILES string of the molecule is Cc1cc(N2CCC3(CC(NC(=O)NCc4ccc(Cl)cc4)C3)C2)ccn1.O=C(NCc1ccc(Cl)cc1)NC1CC2(CCNC2)C1. The fourth-order valence-electron chi connectivity index (χ4n) is 7.58. The molecule has 2 aliphatic heterocycles. The topological polar surface area (TPSA) is 110 Å². The summed E-state index contributed by atoms with van der Waals surface area (Å²) in [6.45, 7) is 7.45. The van der Waals surface area contributed by atoms with Crippen LogP contribution in [0.1, 0.15) is 55.3 Å². The average Bonchev–Trinajstić information content (AvgIpc) is 3.70. The van der Waals surface area contributed by atoms with E-state index < -0.39 is 0 Å². The number of hydrogen-bond acceptors (Lipinski definition) is 5. The lowest BCUT2D eigenvalue weighted by atomic mass is 9.65. The molecule has 250 valence electrons. The van der Waals surface area contributed by atoms with Gasteiger partial charge in [-0.15, -0.1) is 0 Å². The quantitative estimate of drug-likeness (QED) is 0.205. The number of pyridine rings is 1. The van der Waals surface area contributed by atoms with E-state index in [0.717, 1.165) is 68.7 Å². The Labute approximate surface area is 287 Å². The summed E-state index contributed by atoms with van der Waals surface area (Å²) in [5.74, 6) is 0. The van der Waals surface area contributed by atoms with Crippen molar-refractivity contribution in [3.8, 4) is 0 Å². The van der Waals surface area contributed by atoms with Gasteiger partial charge in [-0.1, -0.05) is 47.5 Å². The smallest absolute Gasteiger partial charge is 0.315 e. The van der Waals surface area contributed by atoms with E-state index in [2.05, 4.69) is 48.6 Å². The summed E-state index contributed by atoms with van der Waals surface area (Å²) in [7, 11) is 0. The highest BCUT2D eigenvalue weighted by Crippen LogP contribution is 2.49. The standard InChI is InChI=1S/C21H25ClN4O.C15H20ClN3O/c1-15-10-19(6-8-23-15)26-9-7-21(14-26)11-18(12-21)25-20(27)24-13-16-2-4-17(22)5-3-16;16-12-3-1-11(2-4-12)9-18-14(20)19-13-7-15(8-13)5-6-17-10-15/h2-6,8,10,18H,7,9,11-14H2,1H3,(H2,24,25,27);1-4,13,17H,5-10H2,(H2,18,19,20). The number of urea groups is 2. The van der Waals surface area contributed by atoms with Gasteiger partial charge in [0, 0.05) is 72.4 Å². The van der Waals surface area contributed by atoms with E-state index in [1.165, 1.54) is 18.5 Å². The number of carbonyl (C=O) groups is 2. The fraction of sp³-hybridized carbons (Fsp3) is 0.472. The molecule has 3 aromatic rings. The maximum absolute atomic E-state index is 12.1. The number of benzene rings is 2. The molecule has 4 amide bonds. The number of nitrogens with zero attached hydrogens (tertiary/aromatic N) is 2. The van der Waals surface area contributed by atoms with Crippen molar-refractivity contribution in [2.75, 3.05) is 31.1 Å². The lowest BCUT2D eigenvalue weighted by molar-refractivity contribution is 0.109. The molecule has 2 saturated heterocycles. The minimum absolute atomic E-state index is 0.0780. The Hall–Kier alpha value is -3.53. The zero-order chi connectivity index (χ0) is 32.9. The Balaban J connectivity index is 0.000000172. The van der Waals surface area contributed by atoms with Crippen LogP contribution in [-0.4, -0.2) is 55.3 Å². The molecule has 0 atom stereocenters. The largest absolute Gasteiger partial charge is 0.371 e. The predicted octanol–water partition coefficient (Wildman–Crippen LogP) is 6.18. The Kier molecular flexibility index (Phi) is 10.4. The Morgan fingerprint density at radius 1 is 0.830 bits per heavy atom. The number of halogens is 2. The normalized spacial score (nSPS) is 25.7. The summed E-state index contributed by atoms with van der Waals surface area (Å²) in [6, 6.07) is 19.7. The number of aryl methyl sites for hydroxylation is 1. The van der Waals surface area contributed by atoms with E-state index >= 15 is 0 Å². The van der Waals surface area contributed by atoms with Gasteiger partial charge in [0.25, 0.3) is 0 Å². The van der Waals surface area contributed by atoms with Gasteiger partial charge in [0.2, 0.25) is 0 Å². The van der Waals surface area contributed by atoms with Gasteiger partial charge in [-0.2, -0.15) is 0 Å². The molecule has 0 unspecified atom stereocenters. The first kappa shape index (κ1) is 33.4. The Bertz CT molecular complexity index is 1520. The van der Waals surface area contributed by atoms with Crippen LogP contribution in [0.15, 0.2) is 66.9 Å². The van der Waals surface area contributed by atoms with Crippen molar-refractivity contribution in [1.82, 2.24) is 31.6 Å². The number of amides is 4. The number of rotatable bonds is 7. The van der Waals surface area contributed by atoms with Crippen molar-refractivity contribution < 1.29 is 9.59 Å². The molecule has 9 nitrogen and oxygen atoms in total. The van der Waals surface area contributed by atoms with Crippen LogP contribution in [0.25, 0.3) is 0 Å². The van der Waals surface area contributed by atoms with Crippen LogP contribution in [0, 0.1) is 17.8 Å². The number of aromatic nitrogens is 1. The molecule has 47 heavy (non-hydrogen) atoms. The highest BCUT2D eigenvalue weighted by molar-refractivity contribution is 6.30. The maximum atomic E-state index is 12.1. The van der Waals surface area contributed by atoms with Gasteiger partial charge in [0.05, 0.1) is 0 Å². The van der Waals surface area contributed by atoms with Crippen LogP contribution >= 0.6 is 23.2 Å². The van der Waals surface area contributed by atoms with E-state index in [-0.39, 0.29) is 18.1 Å². The van der Waals surface area contributed by atoms with Crippen molar-refractivity contribution in [2.24, 2.45) is 10.8 Å². The predicted molar refractivity (Wildman–Crippen MR) is 188 cm³/mol. The van der Waals surface area contributed by atoms with E-state index in [0.29, 0.717) is 40.0 Å². The number of anilines is 1. The van der Waals surface area contributed by atoms with Crippen LogP contribution < -0.4 is 31.5 Å². The lowest BCUT2D eigenvalue weighted by Gasteiger charge is -2.45. The minimum Gasteiger partial charge on any atom is -0.371 e. The molecule has 2 aromatic carbocycles. The zero-order valence-electron chi connectivity index (χ0n) is 27.0. The van der Waals surface area contributed by atoms with Crippen LogP contribution in [0.3, 0.4) is 0 Å². The summed E-state index contributed by atoms with van der Waals surface area (Å²) in [5, 5.41) is 16.8. The number of carbonyl (C=O) groups excluding carboxylic acids is 2. The first-order valence-corrected chi connectivity index (χ1v) is 17.4. The number of nitrogens with one attached hydrogen (secondary N) is 5. The second-order valence-electron chi connectivity index (χ2n) is 13.9. The van der Waals surface area contributed by atoms with Crippen molar-refractivity contribution in [2.45, 2.75) is 70.6 Å². The third-order valence-corrected chi connectivity index (χ3v) is 10.6. The van der Waals surface area contributed by atoms with Gasteiger partial charge in [-0.25, -0.2) is 9.59 Å². The van der Waals surface area contributed by atoms with Gasteiger partial charge in [0.15, 0.2) is 0 Å². The van der Waals surface area contributed by atoms with Crippen molar-refractivity contribution in [3.63, 3.8) is 0 Å². The number of hydrogen-bond donors (Lipinski definition) is 5. The van der Waals surface area contributed by atoms with E-state index in [4.69, 9.17) is 23.2 Å². The van der Waals surface area contributed by atoms with Gasteiger partial charge >= 0.3 is 12.1 Å². The molecule has 2 spiro atoms. The van der Waals surface area contributed by atoms with E-state index in [9.17, 15) is 9.59 Å². The second-order valence-corrected chi connectivity index (χ2v) is 14.7. The van der Waals surface area contributed by atoms with Gasteiger partial charge < -0.3 is 31.5 Å². The van der Waals surface area contributed by atoms with Crippen LogP contribution in [0.4, 0.5) is 15.3 Å². The third-order valence-electron chi connectivity index (χ3n) is 10.1. The molecule has 3 heterocycles. The van der Waals surface area contributed by atoms with Gasteiger partial charge in [-0.3, -0.25) is 4.98 Å². The zero-order valence-corrected chi connectivity index (χ0v) is 28.5. The molecule has 1 aromatic heterocycles. The first-order chi connectivity index (χ1) is 22.7. The fourth-order valence-corrected chi connectivity index (χ4v) is 7.83. The monoisotopic (exact) mass is 677 g/mol. The highest BCUT2D eigenvalue weighted by Gasteiger charge is 2.49. The minimum atomic E-state index is -0.0931. The first-order valence-electron chi connectivity index (χ1n) is 16.6. The molecule has 4 aliphatic rings. The Morgan fingerprint density at radius 2 is 1.38 bits per heavy atom. The van der Waals surface area contributed by atoms with E-state index in [1.54, 1.807) is 0 Å². The molecule has 11 heteroatoms. The molecule has 0 radical (unpaired) electrons. The third kappa shape index (κ3) is 8.89. The van der Waals surface area contributed by atoms with E-state index in [1.807, 2.05) is 61.7 Å². The summed E-state index contributed by atoms with van der Waals surface area (Å²) in [5.41, 5.74) is 5.23. The average molecular weight is 679 g/mol. The molecular weight excluding hydrogens is 633 g/mol. The van der Waals surface area contributed by atoms with Crippen molar-refractivity contribution >= 4 is 41.0 Å². The molecular formula is C36H45Cl2N7O2. The maximum Gasteiger partial charge on any atom is 0.315 e. The van der Waals surface area contributed by atoms with Crippen molar-refractivity contribution in [1.29, 1.82) is 0 Å². The molecule has 4 fully saturated rings. The summed E-state index contributed by atoms with van der Waals surface area (Å²) in [4.78, 5) is 30.7. The molecule has 5 N–H and O–H groups in total.